The van der Waals surface area contributed by atoms with Gasteiger partial charge in [0.2, 0.25) is 10.0 Å². The number of ether oxygens (including phenoxy) is 1. The second-order valence-corrected chi connectivity index (χ2v) is 10.3. The third kappa shape index (κ3) is 5.22. The summed E-state index contributed by atoms with van der Waals surface area (Å²) in [4.78, 5) is 12.8. The first kappa shape index (κ1) is 22.8. The number of hydrogen-bond acceptors (Lipinski definition) is 4. The van der Waals surface area contributed by atoms with Gasteiger partial charge in [0.05, 0.1) is 12.8 Å². The van der Waals surface area contributed by atoms with Gasteiger partial charge in [-0.25, -0.2) is 13.1 Å². The number of carbonyl (C=O) groups is 1. The number of methoxy groups -OCH3 is 1. The summed E-state index contributed by atoms with van der Waals surface area (Å²) in [6.07, 6.45) is 3.93. The minimum Gasteiger partial charge on any atom is -0.495 e. The number of carbonyl (C=O) groups excluding carboxylic acids is 1. The molecular weight excluding hydrogens is 468 g/mol. The van der Waals surface area contributed by atoms with E-state index < -0.39 is 15.9 Å². The zero-order valence-electron chi connectivity index (χ0n) is 17.4. The Morgan fingerprint density at radius 1 is 1.13 bits per heavy atom. The van der Waals surface area contributed by atoms with E-state index in [1.165, 1.54) is 19.2 Å². The van der Waals surface area contributed by atoms with Crippen LogP contribution in [0.4, 0.5) is 5.69 Å². The third-order valence-electron chi connectivity index (χ3n) is 5.51. The van der Waals surface area contributed by atoms with E-state index in [1.54, 1.807) is 12.1 Å². The van der Waals surface area contributed by atoms with Crippen molar-refractivity contribution < 1.29 is 17.9 Å². The first-order valence-corrected chi connectivity index (χ1v) is 12.3. The van der Waals surface area contributed by atoms with Gasteiger partial charge in [0.25, 0.3) is 5.91 Å². The highest BCUT2D eigenvalue weighted by Crippen LogP contribution is 2.30. The number of anilines is 1. The van der Waals surface area contributed by atoms with E-state index in [2.05, 4.69) is 32.9 Å². The Morgan fingerprint density at radius 3 is 2.53 bits per heavy atom. The Balaban J connectivity index is 1.88. The largest absolute Gasteiger partial charge is 0.495 e. The van der Waals surface area contributed by atoms with Crippen molar-refractivity contribution in [1.82, 2.24) is 4.72 Å². The minimum atomic E-state index is -3.84. The minimum absolute atomic E-state index is 0.0293. The fraction of sp³-hybridized carbons (Fsp3) is 0.409. The molecule has 6 nitrogen and oxygen atoms in total. The number of aryl methyl sites for hydroxylation is 1. The Hall–Kier alpha value is -1.90. The van der Waals surface area contributed by atoms with Gasteiger partial charge in [-0.2, -0.15) is 0 Å². The maximum atomic E-state index is 13.1. The van der Waals surface area contributed by atoms with Crippen LogP contribution in [-0.2, 0) is 10.0 Å². The van der Waals surface area contributed by atoms with Gasteiger partial charge < -0.3 is 10.1 Å². The van der Waals surface area contributed by atoms with E-state index in [0.29, 0.717) is 5.69 Å². The van der Waals surface area contributed by atoms with Crippen LogP contribution in [0, 0.1) is 12.8 Å². The summed E-state index contributed by atoms with van der Waals surface area (Å²) in [6, 6.07) is 9.90. The van der Waals surface area contributed by atoms with E-state index in [4.69, 9.17) is 4.74 Å². The van der Waals surface area contributed by atoms with Crippen molar-refractivity contribution in [3.63, 3.8) is 0 Å². The molecule has 1 aliphatic rings. The summed E-state index contributed by atoms with van der Waals surface area (Å²) in [7, 11) is -2.43. The van der Waals surface area contributed by atoms with Crippen molar-refractivity contribution in [1.29, 1.82) is 0 Å². The summed E-state index contributed by atoms with van der Waals surface area (Å²) >= 11 is 3.44. The smallest absolute Gasteiger partial charge is 0.255 e. The van der Waals surface area contributed by atoms with E-state index >= 15 is 0 Å². The second-order valence-electron chi connectivity index (χ2n) is 7.79. The summed E-state index contributed by atoms with van der Waals surface area (Å²) in [5.74, 6) is 0.0774. The molecule has 2 atom stereocenters. The predicted molar refractivity (Wildman–Crippen MR) is 122 cm³/mol. The molecule has 0 saturated heterocycles. The zero-order chi connectivity index (χ0) is 21.9. The van der Waals surface area contributed by atoms with E-state index in [0.717, 1.165) is 35.7 Å². The number of amides is 1. The zero-order valence-corrected chi connectivity index (χ0v) is 19.8. The number of rotatable bonds is 6. The molecular formula is C22H27BrN2O4S. The number of halogens is 1. The maximum Gasteiger partial charge on any atom is 0.255 e. The molecule has 3 rings (SSSR count). The van der Waals surface area contributed by atoms with Crippen LogP contribution in [0.25, 0.3) is 0 Å². The lowest BCUT2D eigenvalue weighted by molar-refractivity contribution is 0.102. The Labute approximate surface area is 186 Å². The normalized spacial score (nSPS) is 19.3. The molecule has 0 heterocycles. The first-order chi connectivity index (χ1) is 14.2. The molecule has 1 amide bonds. The van der Waals surface area contributed by atoms with Gasteiger partial charge in [0.15, 0.2) is 0 Å². The molecule has 0 bridgehead atoms. The summed E-state index contributed by atoms with van der Waals surface area (Å²) in [6.45, 7) is 4.02. The van der Waals surface area contributed by atoms with Crippen molar-refractivity contribution in [2.75, 3.05) is 12.4 Å². The average Bonchev–Trinajstić information content (AvgIpc) is 2.71. The molecule has 1 saturated carbocycles. The van der Waals surface area contributed by atoms with Gasteiger partial charge in [-0.05, 0) is 77.5 Å². The molecule has 8 heteroatoms. The molecule has 1 fully saturated rings. The number of benzene rings is 2. The molecule has 2 aromatic rings. The average molecular weight is 495 g/mol. The van der Waals surface area contributed by atoms with Crippen molar-refractivity contribution in [2.45, 2.75) is 50.5 Å². The highest BCUT2D eigenvalue weighted by Gasteiger charge is 2.29. The van der Waals surface area contributed by atoms with Crippen molar-refractivity contribution in [3.8, 4) is 5.75 Å². The standard InChI is InChI=1S/C22H27BrN2O4S/c1-14-8-10-19(17(23)12-14)24-22(26)16-9-11-20(29-3)21(13-16)30(27,28)25-18-7-5-4-6-15(18)2/h8-13,15,18,25H,4-7H2,1-3H3,(H,24,26). The van der Waals surface area contributed by atoms with Gasteiger partial charge in [-0.1, -0.05) is 25.8 Å². The first-order valence-electron chi connectivity index (χ1n) is 9.99. The molecule has 0 aromatic heterocycles. The molecule has 30 heavy (non-hydrogen) atoms. The molecule has 1 aliphatic carbocycles. The Kier molecular flexibility index (Phi) is 7.21. The van der Waals surface area contributed by atoms with Crippen LogP contribution in [0.3, 0.4) is 0 Å². The Bertz CT molecular complexity index is 1040. The molecule has 2 aromatic carbocycles. The lowest BCUT2D eigenvalue weighted by Crippen LogP contribution is -2.41. The lowest BCUT2D eigenvalue weighted by Gasteiger charge is -2.29. The number of nitrogens with one attached hydrogen (secondary N) is 2. The van der Waals surface area contributed by atoms with Crippen LogP contribution in [0.5, 0.6) is 5.75 Å². The molecule has 0 aliphatic heterocycles. The van der Waals surface area contributed by atoms with E-state index in [-0.39, 0.29) is 28.2 Å². The van der Waals surface area contributed by atoms with Crippen molar-refractivity contribution in [3.05, 3.63) is 52.0 Å². The van der Waals surface area contributed by atoms with Crippen LogP contribution in [0.1, 0.15) is 48.5 Å². The molecule has 2 unspecified atom stereocenters. The van der Waals surface area contributed by atoms with Gasteiger partial charge in [-0.15, -0.1) is 0 Å². The second kappa shape index (κ2) is 9.49. The Morgan fingerprint density at radius 2 is 1.87 bits per heavy atom. The molecule has 162 valence electrons. The van der Waals surface area contributed by atoms with Crippen molar-refractivity contribution in [2.24, 2.45) is 5.92 Å². The fourth-order valence-electron chi connectivity index (χ4n) is 3.70. The highest BCUT2D eigenvalue weighted by atomic mass is 79.9. The highest BCUT2D eigenvalue weighted by molar-refractivity contribution is 9.10. The van der Waals surface area contributed by atoms with E-state index in [1.807, 2.05) is 19.1 Å². The molecule has 0 spiro atoms. The fourth-order valence-corrected chi connectivity index (χ4v) is 5.86. The SMILES string of the molecule is COc1ccc(C(=O)Nc2ccc(C)cc2Br)cc1S(=O)(=O)NC1CCCCC1C. The topological polar surface area (TPSA) is 84.5 Å². The third-order valence-corrected chi connectivity index (χ3v) is 7.67. The van der Waals surface area contributed by atoms with Gasteiger partial charge in [0, 0.05) is 16.1 Å². The van der Waals surface area contributed by atoms with Crippen molar-refractivity contribution >= 4 is 37.5 Å². The monoisotopic (exact) mass is 494 g/mol. The summed E-state index contributed by atoms with van der Waals surface area (Å²) in [5.41, 5.74) is 1.90. The summed E-state index contributed by atoms with van der Waals surface area (Å²) in [5, 5.41) is 2.82. The van der Waals surface area contributed by atoms with Crippen LogP contribution in [0.15, 0.2) is 45.8 Å². The quantitative estimate of drug-likeness (QED) is 0.599. The van der Waals surface area contributed by atoms with Gasteiger partial charge >= 0.3 is 0 Å². The van der Waals surface area contributed by atoms with Crippen LogP contribution < -0.4 is 14.8 Å². The molecule has 2 N–H and O–H groups in total. The number of hydrogen-bond donors (Lipinski definition) is 2. The number of sulfonamides is 1. The lowest BCUT2D eigenvalue weighted by atomic mass is 9.87. The predicted octanol–water partition coefficient (Wildman–Crippen LogP) is 4.88. The molecule has 0 radical (unpaired) electrons. The van der Waals surface area contributed by atoms with Crippen LogP contribution in [0.2, 0.25) is 0 Å². The van der Waals surface area contributed by atoms with E-state index in [9.17, 15) is 13.2 Å². The van der Waals surface area contributed by atoms with Gasteiger partial charge in [-0.3, -0.25) is 4.79 Å². The van der Waals surface area contributed by atoms with Crippen LogP contribution in [-0.4, -0.2) is 27.5 Å². The summed E-state index contributed by atoms with van der Waals surface area (Å²) < 4.78 is 35.1. The maximum absolute atomic E-state index is 13.1. The van der Waals surface area contributed by atoms with Crippen LogP contribution >= 0.6 is 15.9 Å². The van der Waals surface area contributed by atoms with Gasteiger partial charge in [0.1, 0.15) is 10.6 Å².